The Kier molecular flexibility index (Phi) is 5.74. The van der Waals surface area contributed by atoms with Crippen molar-refractivity contribution < 1.29 is 9.59 Å². The van der Waals surface area contributed by atoms with Gasteiger partial charge in [0.1, 0.15) is 0 Å². The summed E-state index contributed by atoms with van der Waals surface area (Å²) in [5, 5.41) is 5.42. The Hall–Kier alpha value is -2.62. The third-order valence-corrected chi connectivity index (χ3v) is 3.69. The third-order valence-electron chi connectivity index (χ3n) is 3.69. The van der Waals surface area contributed by atoms with Crippen molar-refractivity contribution >= 4 is 17.5 Å². The van der Waals surface area contributed by atoms with Crippen LogP contribution in [0.25, 0.3) is 0 Å². The first-order valence-electron chi connectivity index (χ1n) is 8.05. The maximum absolute atomic E-state index is 11.9. The Morgan fingerprint density at radius 3 is 2.08 bits per heavy atom. The molecular formula is C20H24N2O2. The number of carbonyl (C=O) groups excluding carboxylic acids is 2. The summed E-state index contributed by atoms with van der Waals surface area (Å²) in [6, 6.07) is 17.2. The summed E-state index contributed by atoms with van der Waals surface area (Å²) < 4.78 is 0. The number of carbonyl (C=O) groups is 2. The Balaban J connectivity index is 1.80. The molecule has 2 aromatic carbocycles. The van der Waals surface area contributed by atoms with E-state index in [4.69, 9.17) is 0 Å². The van der Waals surface area contributed by atoms with Crippen molar-refractivity contribution in [2.75, 3.05) is 11.9 Å². The molecule has 2 N–H and O–H groups in total. The zero-order valence-corrected chi connectivity index (χ0v) is 14.4. The highest BCUT2D eigenvalue weighted by atomic mass is 16.2. The molecule has 4 heteroatoms. The Morgan fingerprint density at radius 1 is 0.875 bits per heavy atom. The van der Waals surface area contributed by atoms with Gasteiger partial charge in [-0.25, -0.2) is 0 Å². The lowest BCUT2D eigenvalue weighted by Gasteiger charge is -2.19. The van der Waals surface area contributed by atoms with Gasteiger partial charge in [-0.1, -0.05) is 63.2 Å². The maximum atomic E-state index is 11.9. The minimum Gasteiger partial charge on any atom is -0.347 e. The van der Waals surface area contributed by atoms with Crippen molar-refractivity contribution in [2.45, 2.75) is 32.6 Å². The summed E-state index contributed by atoms with van der Waals surface area (Å²) in [6.45, 7) is 6.39. The van der Waals surface area contributed by atoms with E-state index in [-0.39, 0.29) is 30.2 Å². The minimum atomic E-state index is -0.236. The van der Waals surface area contributed by atoms with Crippen LogP contribution in [0.2, 0.25) is 0 Å². The SMILES string of the molecule is CC(C)(C)c1ccc(NC(=O)CNC(=O)Cc2ccccc2)cc1. The lowest BCUT2D eigenvalue weighted by Crippen LogP contribution is -2.33. The lowest BCUT2D eigenvalue weighted by atomic mass is 9.87. The van der Waals surface area contributed by atoms with Crippen LogP contribution in [-0.2, 0) is 21.4 Å². The first-order chi connectivity index (χ1) is 11.3. The summed E-state index contributed by atoms with van der Waals surface area (Å²) in [6.07, 6.45) is 0.272. The van der Waals surface area contributed by atoms with Gasteiger partial charge in [-0.05, 0) is 28.7 Å². The van der Waals surface area contributed by atoms with E-state index in [1.165, 1.54) is 5.56 Å². The molecule has 0 spiro atoms. The molecule has 2 aromatic rings. The number of benzene rings is 2. The molecule has 0 aliphatic rings. The molecule has 0 unspecified atom stereocenters. The number of amides is 2. The second-order valence-corrected chi connectivity index (χ2v) is 6.81. The highest BCUT2D eigenvalue weighted by molar-refractivity contribution is 5.94. The van der Waals surface area contributed by atoms with Gasteiger partial charge in [0.15, 0.2) is 0 Å². The number of rotatable bonds is 5. The van der Waals surface area contributed by atoms with E-state index >= 15 is 0 Å². The predicted molar refractivity (Wildman–Crippen MR) is 96.9 cm³/mol. The van der Waals surface area contributed by atoms with E-state index in [0.717, 1.165) is 11.3 Å². The topological polar surface area (TPSA) is 58.2 Å². The standard InChI is InChI=1S/C20H24N2O2/c1-20(2,3)16-9-11-17(12-10-16)22-19(24)14-21-18(23)13-15-7-5-4-6-8-15/h4-12H,13-14H2,1-3H3,(H,21,23)(H,22,24). The Morgan fingerprint density at radius 2 is 1.50 bits per heavy atom. The third kappa shape index (κ3) is 5.54. The summed E-state index contributed by atoms with van der Waals surface area (Å²) in [5.74, 6) is -0.403. The second-order valence-electron chi connectivity index (χ2n) is 6.81. The highest BCUT2D eigenvalue weighted by Crippen LogP contribution is 2.23. The molecule has 0 saturated heterocycles. The number of hydrogen-bond acceptors (Lipinski definition) is 2. The molecule has 126 valence electrons. The summed E-state index contributed by atoms with van der Waals surface area (Å²) in [5.41, 5.74) is 2.93. The van der Waals surface area contributed by atoms with Gasteiger partial charge in [0.2, 0.25) is 11.8 Å². The molecule has 2 amide bonds. The van der Waals surface area contributed by atoms with Gasteiger partial charge in [0, 0.05) is 5.69 Å². The maximum Gasteiger partial charge on any atom is 0.243 e. The van der Waals surface area contributed by atoms with Crippen LogP contribution in [0, 0.1) is 0 Å². The van der Waals surface area contributed by atoms with Gasteiger partial charge < -0.3 is 10.6 Å². The Bertz CT molecular complexity index is 686. The largest absolute Gasteiger partial charge is 0.347 e. The smallest absolute Gasteiger partial charge is 0.243 e. The van der Waals surface area contributed by atoms with Crippen LogP contribution in [-0.4, -0.2) is 18.4 Å². The average molecular weight is 324 g/mol. The average Bonchev–Trinajstić information content (AvgIpc) is 2.53. The van der Waals surface area contributed by atoms with Gasteiger partial charge >= 0.3 is 0 Å². The second kappa shape index (κ2) is 7.77. The molecular weight excluding hydrogens is 300 g/mol. The van der Waals surface area contributed by atoms with Crippen molar-refractivity contribution in [3.63, 3.8) is 0 Å². The van der Waals surface area contributed by atoms with Gasteiger partial charge in [0.05, 0.1) is 13.0 Å². The van der Waals surface area contributed by atoms with Crippen LogP contribution in [0.3, 0.4) is 0 Å². The first-order valence-corrected chi connectivity index (χ1v) is 8.05. The predicted octanol–water partition coefficient (Wildman–Crippen LogP) is 3.28. The zero-order chi connectivity index (χ0) is 17.6. The van der Waals surface area contributed by atoms with Crippen molar-refractivity contribution in [2.24, 2.45) is 0 Å². The lowest BCUT2D eigenvalue weighted by molar-refractivity contribution is -0.123. The van der Waals surface area contributed by atoms with Crippen LogP contribution < -0.4 is 10.6 Å². The van der Waals surface area contributed by atoms with Crippen LogP contribution in [0.4, 0.5) is 5.69 Å². The minimum absolute atomic E-state index is 0.0350. The normalized spacial score (nSPS) is 11.0. The number of anilines is 1. The Labute approximate surface area is 143 Å². The fourth-order valence-corrected chi connectivity index (χ4v) is 2.28. The van der Waals surface area contributed by atoms with E-state index < -0.39 is 0 Å². The fraction of sp³-hybridized carbons (Fsp3) is 0.300. The van der Waals surface area contributed by atoms with Crippen molar-refractivity contribution in [1.82, 2.24) is 5.32 Å². The van der Waals surface area contributed by atoms with E-state index in [1.807, 2.05) is 54.6 Å². The molecule has 0 aliphatic carbocycles. The van der Waals surface area contributed by atoms with Crippen molar-refractivity contribution in [3.8, 4) is 0 Å². The molecule has 0 aromatic heterocycles. The summed E-state index contributed by atoms with van der Waals surface area (Å²) >= 11 is 0. The molecule has 0 fully saturated rings. The zero-order valence-electron chi connectivity index (χ0n) is 14.4. The first kappa shape index (κ1) is 17.7. The van der Waals surface area contributed by atoms with Crippen LogP contribution in [0.1, 0.15) is 31.9 Å². The number of hydrogen-bond donors (Lipinski definition) is 2. The summed E-state index contributed by atoms with van der Waals surface area (Å²) in [7, 11) is 0. The van der Waals surface area contributed by atoms with Gasteiger partial charge in [-0.15, -0.1) is 0 Å². The van der Waals surface area contributed by atoms with Gasteiger partial charge in [-0.2, -0.15) is 0 Å². The monoisotopic (exact) mass is 324 g/mol. The van der Waals surface area contributed by atoms with E-state index in [1.54, 1.807) is 0 Å². The molecule has 0 aliphatic heterocycles. The van der Waals surface area contributed by atoms with Crippen LogP contribution in [0.15, 0.2) is 54.6 Å². The van der Waals surface area contributed by atoms with Crippen molar-refractivity contribution in [3.05, 3.63) is 65.7 Å². The van der Waals surface area contributed by atoms with Gasteiger partial charge in [0.25, 0.3) is 0 Å². The molecule has 2 rings (SSSR count). The molecule has 0 radical (unpaired) electrons. The van der Waals surface area contributed by atoms with E-state index in [2.05, 4.69) is 31.4 Å². The molecule has 4 nitrogen and oxygen atoms in total. The van der Waals surface area contributed by atoms with Gasteiger partial charge in [-0.3, -0.25) is 9.59 Å². The molecule has 0 bridgehead atoms. The van der Waals surface area contributed by atoms with E-state index in [0.29, 0.717) is 0 Å². The van der Waals surface area contributed by atoms with Crippen LogP contribution >= 0.6 is 0 Å². The molecule has 0 saturated carbocycles. The molecule has 24 heavy (non-hydrogen) atoms. The molecule has 0 heterocycles. The number of nitrogens with one attached hydrogen (secondary N) is 2. The summed E-state index contributed by atoms with van der Waals surface area (Å²) in [4.78, 5) is 23.8. The van der Waals surface area contributed by atoms with Crippen LogP contribution in [0.5, 0.6) is 0 Å². The molecule has 0 atom stereocenters. The fourth-order valence-electron chi connectivity index (χ4n) is 2.28. The quantitative estimate of drug-likeness (QED) is 0.887. The highest BCUT2D eigenvalue weighted by Gasteiger charge is 2.13. The van der Waals surface area contributed by atoms with Crippen molar-refractivity contribution in [1.29, 1.82) is 0 Å². The van der Waals surface area contributed by atoms with E-state index in [9.17, 15) is 9.59 Å².